The van der Waals surface area contributed by atoms with Crippen molar-refractivity contribution >= 4 is 29.0 Å². The van der Waals surface area contributed by atoms with Crippen molar-refractivity contribution in [1.82, 2.24) is 0 Å². The van der Waals surface area contributed by atoms with Crippen molar-refractivity contribution in [2.24, 2.45) is 0 Å². The molecule has 0 saturated carbocycles. The van der Waals surface area contributed by atoms with Gasteiger partial charge in [-0.1, -0.05) is 24.3 Å². The van der Waals surface area contributed by atoms with E-state index < -0.39 is 4.92 Å². The third-order valence-corrected chi connectivity index (χ3v) is 4.32. The van der Waals surface area contributed by atoms with Crippen LogP contribution >= 0.6 is 11.8 Å². The summed E-state index contributed by atoms with van der Waals surface area (Å²) in [6.07, 6.45) is 1.96. The molecule has 2 aromatic carbocycles. The van der Waals surface area contributed by atoms with Crippen molar-refractivity contribution in [3.05, 3.63) is 64.2 Å². The normalized spacial score (nSPS) is 11.8. The molecular formula is C17H20N3O3S+. The van der Waals surface area contributed by atoms with Crippen LogP contribution in [0, 0.1) is 10.1 Å². The number of likely N-dealkylation sites (N-methyl/N-ethyl adjacent to an activating group) is 1. The van der Waals surface area contributed by atoms with Crippen molar-refractivity contribution in [2.75, 3.05) is 25.2 Å². The fourth-order valence-electron chi connectivity index (χ4n) is 2.44. The van der Waals surface area contributed by atoms with E-state index in [1.807, 2.05) is 37.6 Å². The third kappa shape index (κ3) is 4.81. The van der Waals surface area contributed by atoms with Crippen LogP contribution in [0.4, 0.5) is 11.4 Å². The molecule has 1 atom stereocenters. The van der Waals surface area contributed by atoms with Gasteiger partial charge in [0.2, 0.25) is 0 Å². The van der Waals surface area contributed by atoms with Gasteiger partial charge in [0.25, 0.3) is 11.6 Å². The molecule has 6 nitrogen and oxygen atoms in total. The monoisotopic (exact) mass is 346 g/mol. The van der Waals surface area contributed by atoms with Crippen LogP contribution in [0.5, 0.6) is 0 Å². The van der Waals surface area contributed by atoms with Gasteiger partial charge in [-0.15, -0.1) is 11.8 Å². The highest BCUT2D eigenvalue weighted by atomic mass is 32.2. The lowest BCUT2D eigenvalue weighted by atomic mass is 10.1. The van der Waals surface area contributed by atoms with Crippen molar-refractivity contribution in [3.63, 3.8) is 0 Å². The van der Waals surface area contributed by atoms with Crippen molar-refractivity contribution < 1.29 is 14.6 Å². The zero-order valence-corrected chi connectivity index (χ0v) is 14.4. The van der Waals surface area contributed by atoms with Crippen LogP contribution in [0.2, 0.25) is 0 Å². The zero-order chi connectivity index (χ0) is 17.5. The van der Waals surface area contributed by atoms with E-state index >= 15 is 0 Å². The summed E-state index contributed by atoms with van der Waals surface area (Å²) in [4.78, 5) is 24.8. The molecule has 2 N–H and O–H groups in total. The van der Waals surface area contributed by atoms with Crippen molar-refractivity contribution in [3.8, 4) is 0 Å². The molecule has 7 heteroatoms. The Bertz CT molecular complexity index is 737. The Kier molecular flexibility index (Phi) is 6.34. The number of hydrogen-bond donors (Lipinski definition) is 2. The number of nitro benzene ring substituents is 1. The first-order chi connectivity index (χ1) is 11.5. The number of nitrogens with zero attached hydrogens (tertiary/aromatic N) is 1. The Hall–Kier alpha value is -2.38. The summed E-state index contributed by atoms with van der Waals surface area (Å²) in [5, 5.41) is 14.0. The molecule has 0 radical (unpaired) electrons. The number of nitrogens with one attached hydrogen (secondary N) is 2. The molecule has 1 amide bonds. The molecule has 0 fully saturated rings. The molecular weight excluding hydrogens is 326 g/mol. The number of anilines is 1. The van der Waals surface area contributed by atoms with Gasteiger partial charge >= 0.3 is 0 Å². The summed E-state index contributed by atoms with van der Waals surface area (Å²) in [5.41, 5.74) is 1.50. The SMILES string of the molecule is CSc1ccccc1NC(=O)C[NH+](C)Cc1ccccc1[N+](=O)[O-]. The first kappa shape index (κ1) is 18.0. The molecule has 24 heavy (non-hydrogen) atoms. The smallest absolute Gasteiger partial charge is 0.279 e. The first-order valence-corrected chi connectivity index (χ1v) is 8.70. The Morgan fingerprint density at radius 1 is 1.21 bits per heavy atom. The summed E-state index contributed by atoms with van der Waals surface area (Å²) >= 11 is 1.57. The van der Waals surface area contributed by atoms with Crippen LogP contribution in [-0.4, -0.2) is 30.7 Å². The lowest BCUT2D eigenvalue weighted by Crippen LogP contribution is -3.08. The number of nitro groups is 1. The lowest BCUT2D eigenvalue weighted by molar-refractivity contribution is -0.885. The molecule has 0 aliphatic carbocycles. The largest absolute Gasteiger partial charge is 0.326 e. The Morgan fingerprint density at radius 3 is 2.58 bits per heavy atom. The Labute approximate surface area is 145 Å². The van der Waals surface area contributed by atoms with Gasteiger partial charge < -0.3 is 10.2 Å². The number of para-hydroxylation sites is 2. The van der Waals surface area contributed by atoms with Crippen LogP contribution < -0.4 is 10.2 Å². The number of carbonyl (C=O) groups is 1. The van der Waals surface area contributed by atoms with Crippen LogP contribution in [0.3, 0.4) is 0 Å². The summed E-state index contributed by atoms with van der Waals surface area (Å²) in [5.74, 6) is -0.118. The highest BCUT2D eigenvalue weighted by Gasteiger charge is 2.18. The van der Waals surface area contributed by atoms with Gasteiger partial charge in [0.15, 0.2) is 6.54 Å². The van der Waals surface area contributed by atoms with Crippen molar-refractivity contribution in [1.29, 1.82) is 0 Å². The van der Waals surface area contributed by atoms with E-state index in [4.69, 9.17) is 0 Å². The summed E-state index contributed by atoms with van der Waals surface area (Å²) in [6, 6.07) is 14.2. The minimum absolute atomic E-state index is 0.0880. The maximum absolute atomic E-state index is 12.2. The van der Waals surface area contributed by atoms with Gasteiger partial charge in [-0.2, -0.15) is 0 Å². The Balaban J connectivity index is 1.98. The lowest BCUT2D eigenvalue weighted by Gasteiger charge is -2.15. The predicted molar refractivity (Wildman–Crippen MR) is 95.4 cm³/mol. The number of amides is 1. The van der Waals surface area contributed by atoms with Gasteiger partial charge in [0.1, 0.15) is 6.54 Å². The van der Waals surface area contributed by atoms with Gasteiger partial charge in [-0.3, -0.25) is 14.9 Å². The molecule has 0 aliphatic heterocycles. The van der Waals surface area contributed by atoms with Gasteiger partial charge in [-0.05, 0) is 24.5 Å². The van der Waals surface area contributed by atoms with Gasteiger partial charge in [0, 0.05) is 11.0 Å². The minimum atomic E-state index is -0.391. The maximum atomic E-state index is 12.2. The Morgan fingerprint density at radius 2 is 1.88 bits per heavy atom. The molecule has 126 valence electrons. The number of benzene rings is 2. The van der Waals surface area contributed by atoms with Crippen LogP contribution in [0.25, 0.3) is 0 Å². The minimum Gasteiger partial charge on any atom is -0.326 e. The number of rotatable bonds is 7. The van der Waals surface area contributed by atoms with Crippen molar-refractivity contribution in [2.45, 2.75) is 11.4 Å². The average Bonchev–Trinajstić information content (AvgIpc) is 2.55. The van der Waals surface area contributed by atoms with Gasteiger partial charge in [0.05, 0.1) is 23.2 Å². The molecule has 2 rings (SSSR count). The third-order valence-electron chi connectivity index (χ3n) is 3.52. The summed E-state index contributed by atoms with van der Waals surface area (Å²) in [7, 11) is 1.84. The second kappa shape index (κ2) is 8.47. The van der Waals surface area contributed by atoms with Crippen LogP contribution in [0.15, 0.2) is 53.4 Å². The fourth-order valence-corrected chi connectivity index (χ4v) is 3.00. The van der Waals surface area contributed by atoms with E-state index in [9.17, 15) is 14.9 Å². The van der Waals surface area contributed by atoms with E-state index in [1.165, 1.54) is 6.07 Å². The molecule has 0 spiro atoms. The van der Waals surface area contributed by atoms with Crippen LogP contribution in [-0.2, 0) is 11.3 Å². The molecule has 2 aromatic rings. The van der Waals surface area contributed by atoms with E-state index in [2.05, 4.69) is 5.32 Å². The predicted octanol–water partition coefficient (Wildman–Crippen LogP) is 1.97. The topological polar surface area (TPSA) is 76.7 Å². The second-order valence-corrected chi connectivity index (χ2v) is 6.29. The standard InChI is InChI=1S/C17H19N3O3S/c1-19(11-13-7-3-5-9-15(13)20(22)23)12-17(21)18-14-8-4-6-10-16(14)24-2/h3-10H,11-12H2,1-2H3,(H,18,21)/p+1. The van der Waals surface area contributed by atoms with E-state index in [1.54, 1.807) is 30.0 Å². The fraction of sp³-hybridized carbons (Fsp3) is 0.235. The molecule has 0 heterocycles. The number of quaternary nitrogens is 1. The first-order valence-electron chi connectivity index (χ1n) is 7.47. The van der Waals surface area contributed by atoms with Crippen LogP contribution in [0.1, 0.15) is 5.56 Å². The quantitative estimate of drug-likeness (QED) is 0.456. The van der Waals surface area contributed by atoms with E-state index in [-0.39, 0.29) is 18.1 Å². The van der Waals surface area contributed by atoms with E-state index in [0.717, 1.165) is 15.5 Å². The molecule has 0 aromatic heterocycles. The average molecular weight is 346 g/mol. The molecule has 0 bridgehead atoms. The molecule has 0 saturated heterocycles. The molecule has 0 aliphatic rings. The zero-order valence-electron chi connectivity index (χ0n) is 13.6. The summed E-state index contributed by atoms with van der Waals surface area (Å²) in [6.45, 7) is 0.642. The molecule has 1 unspecified atom stereocenters. The maximum Gasteiger partial charge on any atom is 0.279 e. The number of thioether (sulfide) groups is 1. The van der Waals surface area contributed by atoms with E-state index in [0.29, 0.717) is 12.1 Å². The second-order valence-electron chi connectivity index (χ2n) is 5.44. The summed E-state index contributed by atoms with van der Waals surface area (Å²) < 4.78 is 0. The van der Waals surface area contributed by atoms with Gasteiger partial charge in [-0.25, -0.2) is 0 Å². The number of carbonyl (C=O) groups excluding carboxylic acids is 1. The highest BCUT2D eigenvalue weighted by Crippen LogP contribution is 2.24. The number of hydrogen-bond acceptors (Lipinski definition) is 4. The highest BCUT2D eigenvalue weighted by molar-refractivity contribution is 7.98.